The maximum absolute atomic E-state index is 8.62. The Labute approximate surface area is 107 Å². The number of hydrogen-bond donors (Lipinski definition) is 2. The van der Waals surface area contributed by atoms with E-state index >= 15 is 0 Å². The average Bonchev–Trinajstić information content (AvgIpc) is 2.38. The van der Waals surface area contributed by atoms with Crippen molar-refractivity contribution in [2.75, 3.05) is 4.90 Å². The molecule has 5 heteroatoms. The third-order valence-electron chi connectivity index (χ3n) is 3.61. The molecule has 1 aromatic heterocycles. The Balaban J connectivity index is 2.23. The van der Waals surface area contributed by atoms with Gasteiger partial charge in [0.25, 0.3) is 0 Å². The molecular formula is C13H20N4O. The fraction of sp³-hybridized carbons (Fsp3) is 0.538. The van der Waals surface area contributed by atoms with Crippen molar-refractivity contribution in [3.05, 3.63) is 23.9 Å². The molecule has 0 amide bonds. The summed E-state index contributed by atoms with van der Waals surface area (Å²) in [4.78, 5) is 6.77. The molecule has 0 aliphatic carbocycles. The van der Waals surface area contributed by atoms with Crippen molar-refractivity contribution in [1.82, 2.24) is 4.98 Å². The van der Waals surface area contributed by atoms with Gasteiger partial charge < -0.3 is 15.8 Å². The van der Waals surface area contributed by atoms with Crippen LogP contribution in [0, 0.1) is 0 Å². The molecule has 0 bridgehead atoms. The smallest absolute Gasteiger partial charge is 0.171 e. The van der Waals surface area contributed by atoms with Crippen molar-refractivity contribution in [3.63, 3.8) is 0 Å². The molecule has 1 aliphatic rings. The number of nitrogens with zero attached hydrogens (tertiary/aromatic N) is 3. The van der Waals surface area contributed by atoms with Gasteiger partial charge in [-0.1, -0.05) is 5.16 Å². The first-order valence-corrected chi connectivity index (χ1v) is 6.35. The Morgan fingerprint density at radius 3 is 2.56 bits per heavy atom. The number of amidine groups is 1. The monoisotopic (exact) mass is 248 g/mol. The number of rotatable bonds is 2. The topological polar surface area (TPSA) is 74.7 Å². The van der Waals surface area contributed by atoms with Crippen LogP contribution in [0.5, 0.6) is 0 Å². The Morgan fingerprint density at radius 1 is 1.39 bits per heavy atom. The molecule has 98 valence electrons. The van der Waals surface area contributed by atoms with E-state index in [1.165, 1.54) is 19.3 Å². The number of aromatic nitrogens is 1. The molecular weight excluding hydrogens is 228 g/mol. The lowest BCUT2D eigenvalue weighted by molar-refractivity contribution is 0.318. The summed E-state index contributed by atoms with van der Waals surface area (Å²) in [6.07, 6.45) is 5.33. The van der Waals surface area contributed by atoms with E-state index in [0.29, 0.717) is 17.6 Å². The molecule has 2 atom stereocenters. The lowest BCUT2D eigenvalue weighted by Crippen LogP contribution is -2.44. The lowest BCUT2D eigenvalue weighted by atomic mass is 9.97. The summed E-state index contributed by atoms with van der Waals surface area (Å²) in [5, 5.41) is 11.6. The van der Waals surface area contributed by atoms with Crippen LogP contribution in [0.2, 0.25) is 0 Å². The molecule has 0 saturated carbocycles. The maximum Gasteiger partial charge on any atom is 0.171 e. The van der Waals surface area contributed by atoms with E-state index in [4.69, 9.17) is 10.9 Å². The van der Waals surface area contributed by atoms with E-state index in [2.05, 4.69) is 28.9 Å². The highest BCUT2D eigenvalue weighted by molar-refractivity contribution is 5.96. The van der Waals surface area contributed by atoms with E-state index in [0.717, 1.165) is 5.82 Å². The Bertz CT molecular complexity index is 419. The standard InChI is InChI=1S/C13H20N4O/c1-9-4-3-5-10(2)17(9)12-7-6-11(8-15-12)13(14)16-18/h6-10,18H,3-5H2,1-2H3,(H2,14,16). The van der Waals surface area contributed by atoms with Gasteiger partial charge in [0.05, 0.1) is 0 Å². The van der Waals surface area contributed by atoms with Crippen molar-refractivity contribution in [2.24, 2.45) is 10.9 Å². The van der Waals surface area contributed by atoms with Gasteiger partial charge in [0.1, 0.15) is 5.82 Å². The molecule has 18 heavy (non-hydrogen) atoms. The fourth-order valence-corrected chi connectivity index (χ4v) is 2.62. The number of hydrogen-bond acceptors (Lipinski definition) is 4. The average molecular weight is 248 g/mol. The molecule has 1 saturated heterocycles. The quantitative estimate of drug-likeness (QED) is 0.363. The number of anilines is 1. The molecule has 2 heterocycles. The maximum atomic E-state index is 8.62. The molecule has 2 unspecified atom stereocenters. The van der Waals surface area contributed by atoms with E-state index in [1.807, 2.05) is 12.1 Å². The summed E-state index contributed by atoms with van der Waals surface area (Å²) < 4.78 is 0. The predicted octanol–water partition coefficient (Wildman–Crippen LogP) is 1.94. The third-order valence-corrected chi connectivity index (χ3v) is 3.61. The Hall–Kier alpha value is -1.78. The molecule has 2 rings (SSSR count). The van der Waals surface area contributed by atoms with Crippen LogP contribution in [0.15, 0.2) is 23.5 Å². The SMILES string of the molecule is CC1CCCC(C)N1c1ccc(/C(N)=N/O)cn1. The largest absolute Gasteiger partial charge is 0.409 e. The Kier molecular flexibility index (Phi) is 3.69. The van der Waals surface area contributed by atoms with Crippen LogP contribution in [0.25, 0.3) is 0 Å². The number of piperidine rings is 1. The van der Waals surface area contributed by atoms with Gasteiger partial charge in [0.15, 0.2) is 5.84 Å². The van der Waals surface area contributed by atoms with Gasteiger partial charge in [-0.25, -0.2) is 4.98 Å². The van der Waals surface area contributed by atoms with Gasteiger partial charge in [0, 0.05) is 23.8 Å². The van der Waals surface area contributed by atoms with Crippen LogP contribution in [0.1, 0.15) is 38.7 Å². The molecule has 1 aromatic rings. The first-order chi connectivity index (χ1) is 8.63. The molecule has 3 N–H and O–H groups in total. The van der Waals surface area contributed by atoms with Gasteiger partial charge in [-0.2, -0.15) is 0 Å². The van der Waals surface area contributed by atoms with Crippen molar-refractivity contribution < 1.29 is 5.21 Å². The molecule has 0 aromatic carbocycles. The second-order valence-electron chi connectivity index (χ2n) is 4.93. The summed E-state index contributed by atoms with van der Waals surface area (Å²) in [7, 11) is 0. The van der Waals surface area contributed by atoms with Crippen molar-refractivity contribution >= 4 is 11.7 Å². The van der Waals surface area contributed by atoms with E-state index in [9.17, 15) is 0 Å². The highest BCUT2D eigenvalue weighted by Gasteiger charge is 2.25. The van der Waals surface area contributed by atoms with E-state index in [-0.39, 0.29) is 5.84 Å². The van der Waals surface area contributed by atoms with Crippen molar-refractivity contribution in [2.45, 2.75) is 45.2 Å². The van der Waals surface area contributed by atoms with Crippen LogP contribution < -0.4 is 10.6 Å². The molecule has 5 nitrogen and oxygen atoms in total. The lowest BCUT2D eigenvalue weighted by Gasteiger charge is -2.40. The minimum atomic E-state index is 0.0915. The molecule has 1 fully saturated rings. The first kappa shape index (κ1) is 12.7. The molecule has 0 radical (unpaired) electrons. The normalized spacial score (nSPS) is 25.2. The van der Waals surface area contributed by atoms with Crippen molar-refractivity contribution in [3.8, 4) is 0 Å². The zero-order valence-electron chi connectivity index (χ0n) is 10.9. The van der Waals surface area contributed by atoms with Crippen LogP contribution >= 0.6 is 0 Å². The van der Waals surface area contributed by atoms with E-state index in [1.54, 1.807) is 6.20 Å². The number of pyridine rings is 1. The summed E-state index contributed by atoms with van der Waals surface area (Å²) in [5.74, 6) is 1.05. The van der Waals surface area contributed by atoms with Gasteiger partial charge >= 0.3 is 0 Å². The Morgan fingerprint density at radius 2 is 2.06 bits per heavy atom. The van der Waals surface area contributed by atoms with Gasteiger partial charge in [-0.05, 0) is 45.2 Å². The van der Waals surface area contributed by atoms with Crippen LogP contribution in [0.3, 0.4) is 0 Å². The zero-order valence-corrected chi connectivity index (χ0v) is 10.9. The minimum absolute atomic E-state index is 0.0915. The van der Waals surface area contributed by atoms with Gasteiger partial charge in [-0.15, -0.1) is 0 Å². The first-order valence-electron chi connectivity index (χ1n) is 6.35. The summed E-state index contributed by atoms with van der Waals surface area (Å²) >= 11 is 0. The second-order valence-corrected chi connectivity index (χ2v) is 4.93. The zero-order chi connectivity index (χ0) is 13.1. The van der Waals surface area contributed by atoms with E-state index < -0.39 is 0 Å². The highest BCUT2D eigenvalue weighted by atomic mass is 16.4. The van der Waals surface area contributed by atoms with Crippen molar-refractivity contribution in [1.29, 1.82) is 0 Å². The van der Waals surface area contributed by atoms with Crippen LogP contribution in [0.4, 0.5) is 5.82 Å². The number of nitrogens with two attached hydrogens (primary N) is 1. The van der Waals surface area contributed by atoms with Crippen LogP contribution in [-0.4, -0.2) is 28.1 Å². The molecule has 0 spiro atoms. The van der Waals surface area contributed by atoms with Crippen LogP contribution in [-0.2, 0) is 0 Å². The second kappa shape index (κ2) is 5.25. The van der Waals surface area contributed by atoms with Gasteiger partial charge in [-0.3, -0.25) is 0 Å². The number of oxime groups is 1. The third kappa shape index (κ3) is 2.39. The highest BCUT2D eigenvalue weighted by Crippen LogP contribution is 2.27. The summed E-state index contributed by atoms with van der Waals surface area (Å²) in [6, 6.07) is 4.80. The summed E-state index contributed by atoms with van der Waals surface area (Å²) in [5.41, 5.74) is 6.16. The fourth-order valence-electron chi connectivity index (χ4n) is 2.62. The minimum Gasteiger partial charge on any atom is -0.409 e. The summed E-state index contributed by atoms with van der Waals surface area (Å²) in [6.45, 7) is 4.46. The molecule has 1 aliphatic heterocycles. The van der Waals surface area contributed by atoms with Gasteiger partial charge in [0.2, 0.25) is 0 Å². The predicted molar refractivity (Wildman–Crippen MR) is 72.0 cm³/mol.